The molecule has 0 aliphatic rings. The monoisotopic (exact) mass is 309 g/mol. The van der Waals surface area contributed by atoms with E-state index in [0.717, 1.165) is 5.56 Å². The van der Waals surface area contributed by atoms with E-state index in [9.17, 15) is 4.39 Å². The Morgan fingerprint density at radius 1 is 1.00 bits per heavy atom. The van der Waals surface area contributed by atoms with Gasteiger partial charge in [-0.25, -0.2) is 4.39 Å². The fourth-order valence-electron chi connectivity index (χ4n) is 2.01. The molecule has 112 valence electrons. The van der Waals surface area contributed by atoms with Crippen LogP contribution >= 0.6 is 11.6 Å². The number of rotatable bonds is 6. The standard InChI is InChI=1S/C16H17ClFNO2/c1-20-15-6-3-11(7-16(15)21-2)9-19-10-12-8-13(17)4-5-14(12)18/h3-8,19H,9-10H2,1-2H3. The van der Waals surface area contributed by atoms with Crippen molar-refractivity contribution in [2.24, 2.45) is 0 Å². The van der Waals surface area contributed by atoms with E-state index in [1.807, 2.05) is 18.2 Å². The molecule has 0 atom stereocenters. The van der Waals surface area contributed by atoms with Gasteiger partial charge in [0, 0.05) is 23.7 Å². The first kappa shape index (κ1) is 15.6. The van der Waals surface area contributed by atoms with Crippen molar-refractivity contribution in [3.63, 3.8) is 0 Å². The van der Waals surface area contributed by atoms with E-state index >= 15 is 0 Å². The molecule has 0 aliphatic carbocycles. The van der Waals surface area contributed by atoms with Gasteiger partial charge in [0.05, 0.1) is 14.2 Å². The summed E-state index contributed by atoms with van der Waals surface area (Å²) in [6.07, 6.45) is 0. The number of hydrogen-bond acceptors (Lipinski definition) is 3. The predicted octanol–water partition coefficient (Wildman–Crippen LogP) is 3.79. The second kappa shape index (κ2) is 7.29. The zero-order chi connectivity index (χ0) is 15.2. The molecule has 2 rings (SSSR count). The van der Waals surface area contributed by atoms with Crippen molar-refractivity contribution in [3.8, 4) is 11.5 Å². The molecule has 21 heavy (non-hydrogen) atoms. The normalized spacial score (nSPS) is 10.5. The Hall–Kier alpha value is -1.78. The van der Waals surface area contributed by atoms with Gasteiger partial charge in [0.25, 0.3) is 0 Å². The highest BCUT2D eigenvalue weighted by atomic mass is 35.5. The largest absolute Gasteiger partial charge is 0.493 e. The molecule has 0 heterocycles. The summed E-state index contributed by atoms with van der Waals surface area (Å²) >= 11 is 5.86. The highest BCUT2D eigenvalue weighted by Crippen LogP contribution is 2.27. The lowest BCUT2D eigenvalue weighted by Gasteiger charge is -2.10. The molecule has 5 heteroatoms. The second-order valence-electron chi connectivity index (χ2n) is 4.53. The van der Waals surface area contributed by atoms with Crippen LogP contribution in [0.3, 0.4) is 0 Å². The van der Waals surface area contributed by atoms with Crippen LogP contribution in [0.15, 0.2) is 36.4 Å². The van der Waals surface area contributed by atoms with Crippen molar-refractivity contribution >= 4 is 11.6 Å². The molecule has 0 aliphatic heterocycles. The van der Waals surface area contributed by atoms with Crippen LogP contribution in [0.1, 0.15) is 11.1 Å². The molecule has 0 aromatic heterocycles. The third kappa shape index (κ3) is 4.09. The van der Waals surface area contributed by atoms with Crippen LogP contribution in [0, 0.1) is 5.82 Å². The molecular weight excluding hydrogens is 293 g/mol. The lowest BCUT2D eigenvalue weighted by atomic mass is 10.1. The topological polar surface area (TPSA) is 30.5 Å². The molecule has 0 saturated heterocycles. The van der Waals surface area contributed by atoms with Crippen molar-refractivity contribution in [1.29, 1.82) is 0 Å². The Bertz CT molecular complexity index is 619. The van der Waals surface area contributed by atoms with E-state index < -0.39 is 0 Å². The minimum absolute atomic E-state index is 0.265. The van der Waals surface area contributed by atoms with E-state index in [1.54, 1.807) is 20.3 Å². The van der Waals surface area contributed by atoms with E-state index in [1.165, 1.54) is 12.1 Å². The first-order chi connectivity index (χ1) is 10.1. The lowest BCUT2D eigenvalue weighted by molar-refractivity contribution is 0.354. The average molecular weight is 310 g/mol. The molecule has 0 fully saturated rings. The van der Waals surface area contributed by atoms with Gasteiger partial charge in [-0.1, -0.05) is 17.7 Å². The van der Waals surface area contributed by atoms with Gasteiger partial charge in [0.2, 0.25) is 0 Å². The Morgan fingerprint density at radius 2 is 1.76 bits per heavy atom. The summed E-state index contributed by atoms with van der Waals surface area (Å²) in [6, 6.07) is 10.2. The van der Waals surface area contributed by atoms with Gasteiger partial charge in [-0.3, -0.25) is 0 Å². The Kier molecular flexibility index (Phi) is 5.42. The van der Waals surface area contributed by atoms with Gasteiger partial charge >= 0.3 is 0 Å². The summed E-state index contributed by atoms with van der Waals surface area (Å²) in [5.74, 6) is 1.09. The maximum Gasteiger partial charge on any atom is 0.161 e. The number of ether oxygens (including phenoxy) is 2. The van der Waals surface area contributed by atoms with Crippen LogP contribution in [0.4, 0.5) is 4.39 Å². The average Bonchev–Trinajstić information content (AvgIpc) is 2.50. The highest BCUT2D eigenvalue weighted by molar-refractivity contribution is 6.30. The summed E-state index contributed by atoms with van der Waals surface area (Å²) in [4.78, 5) is 0. The SMILES string of the molecule is COc1ccc(CNCc2cc(Cl)ccc2F)cc1OC. The van der Waals surface area contributed by atoms with Gasteiger partial charge in [-0.2, -0.15) is 0 Å². The fourth-order valence-corrected chi connectivity index (χ4v) is 2.21. The first-order valence-corrected chi connectivity index (χ1v) is 6.87. The summed E-state index contributed by atoms with van der Waals surface area (Å²) in [6.45, 7) is 0.993. The number of halogens is 2. The Labute approximate surface area is 128 Å². The smallest absolute Gasteiger partial charge is 0.161 e. The van der Waals surface area contributed by atoms with Gasteiger partial charge in [-0.05, 0) is 35.9 Å². The number of nitrogens with one attached hydrogen (secondary N) is 1. The number of hydrogen-bond donors (Lipinski definition) is 1. The molecule has 0 spiro atoms. The van der Waals surface area contributed by atoms with Crippen LogP contribution in [-0.4, -0.2) is 14.2 Å². The lowest BCUT2D eigenvalue weighted by Crippen LogP contribution is -2.13. The molecule has 2 aromatic carbocycles. The zero-order valence-electron chi connectivity index (χ0n) is 12.0. The first-order valence-electron chi connectivity index (χ1n) is 6.49. The number of methoxy groups -OCH3 is 2. The van der Waals surface area contributed by atoms with Crippen LogP contribution in [0.2, 0.25) is 5.02 Å². The summed E-state index contributed by atoms with van der Waals surface area (Å²) in [7, 11) is 3.19. The minimum atomic E-state index is -0.265. The Morgan fingerprint density at radius 3 is 2.48 bits per heavy atom. The third-order valence-electron chi connectivity index (χ3n) is 3.10. The van der Waals surface area contributed by atoms with E-state index in [0.29, 0.717) is 35.2 Å². The van der Waals surface area contributed by atoms with Crippen LogP contribution in [-0.2, 0) is 13.1 Å². The number of benzene rings is 2. The van der Waals surface area contributed by atoms with Crippen molar-refractivity contribution in [2.45, 2.75) is 13.1 Å². The van der Waals surface area contributed by atoms with Gasteiger partial charge in [0.1, 0.15) is 5.82 Å². The van der Waals surface area contributed by atoms with E-state index in [-0.39, 0.29) is 5.82 Å². The molecule has 3 nitrogen and oxygen atoms in total. The Balaban J connectivity index is 1.98. The predicted molar refractivity (Wildman–Crippen MR) is 81.5 cm³/mol. The van der Waals surface area contributed by atoms with Gasteiger partial charge in [0.15, 0.2) is 11.5 Å². The molecule has 2 aromatic rings. The molecule has 0 radical (unpaired) electrons. The quantitative estimate of drug-likeness (QED) is 0.880. The maximum atomic E-state index is 13.6. The van der Waals surface area contributed by atoms with Crippen molar-refractivity contribution in [2.75, 3.05) is 14.2 Å². The summed E-state index contributed by atoms with van der Waals surface area (Å²) in [5.41, 5.74) is 1.57. The zero-order valence-corrected chi connectivity index (χ0v) is 12.7. The molecular formula is C16H17ClFNO2. The molecule has 1 N–H and O–H groups in total. The molecule has 0 amide bonds. The second-order valence-corrected chi connectivity index (χ2v) is 4.97. The maximum absolute atomic E-state index is 13.6. The molecule has 0 unspecified atom stereocenters. The van der Waals surface area contributed by atoms with Crippen LogP contribution in [0.25, 0.3) is 0 Å². The van der Waals surface area contributed by atoms with E-state index in [4.69, 9.17) is 21.1 Å². The van der Waals surface area contributed by atoms with Crippen molar-refractivity contribution in [1.82, 2.24) is 5.32 Å². The van der Waals surface area contributed by atoms with Crippen LogP contribution in [0.5, 0.6) is 11.5 Å². The van der Waals surface area contributed by atoms with Gasteiger partial charge < -0.3 is 14.8 Å². The van der Waals surface area contributed by atoms with E-state index in [2.05, 4.69) is 5.32 Å². The third-order valence-corrected chi connectivity index (χ3v) is 3.34. The summed E-state index contributed by atoms with van der Waals surface area (Å²) < 4.78 is 24.0. The summed E-state index contributed by atoms with van der Waals surface area (Å²) in [5, 5.41) is 3.71. The van der Waals surface area contributed by atoms with Crippen LogP contribution < -0.4 is 14.8 Å². The fraction of sp³-hybridized carbons (Fsp3) is 0.250. The van der Waals surface area contributed by atoms with Crippen molar-refractivity contribution < 1.29 is 13.9 Å². The molecule has 0 saturated carbocycles. The minimum Gasteiger partial charge on any atom is -0.493 e. The molecule has 0 bridgehead atoms. The van der Waals surface area contributed by atoms with Gasteiger partial charge in [-0.15, -0.1) is 0 Å². The highest BCUT2D eigenvalue weighted by Gasteiger charge is 2.06. The van der Waals surface area contributed by atoms with Crippen molar-refractivity contribution in [3.05, 3.63) is 58.4 Å².